The summed E-state index contributed by atoms with van der Waals surface area (Å²) in [6, 6.07) is 2.09. The lowest BCUT2D eigenvalue weighted by molar-refractivity contribution is -0.145. The number of nitrogens with zero attached hydrogens (tertiary/aromatic N) is 3. The number of carboxylic acids is 2. The number of carboxylic acid groups (broad SMARTS) is 2. The Morgan fingerprint density at radius 1 is 1.20 bits per heavy atom. The number of nitrogens with one attached hydrogen (secondary N) is 2. The van der Waals surface area contributed by atoms with Gasteiger partial charge in [0.05, 0.1) is 13.2 Å². The number of carbonyl (C=O) groups is 3. The summed E-state index contributed by atoms with van der Waals surface area (Å²) in [4.78, 5) is 58.4. The molecular weight excluding hydrogens is 514 g/mol. The van der Waals surface area contributed by atoms with Gasteiger partial charge in [-0.2, -0.15) is 4.98 Å². The number of aromatic nitrogens is 3. The normalized spacial score (nSPS) is 14.4. The molecule has 0 radical (unpaired) electrons. The Hall–Kier alpha value is -4.15. The monoisotopic (exact) mass is 554 g/mol. The Morgan fingerprint density at radius 2 is 1.77 bits per heavy atom. The van der Waals surface area contributed by atoms with E-state index in [4.69, 9.17) is 6.48 Å². The van der Waals surface area contributed by atoms with Crippen molar-refractivity contribution in [1.82, 2.24) is 19.4 Å². The summed E-state index contributed by atoms with van der Waals surface area (Å²) >= 11 is 0. The summed E-state index contributed by atoms with van der Waals surface area (Å²) in [6.07, 6.45) is -0.285. The summed E-state index contributed by atoms with van der Waals surface area (Å²) in [5, 5.41) is 22.1. The van der Waals surface area contributed by atoms with Gasteiger partial charge in [-0.05, 0) is 65.5 Å². The summed E-state index contributed by atoms with van der Waals surface area (Å²) in [7, 11) is 4.65. The maximum absolute atomic E-state index is 13.4. The SMILES string of the molecule is [2H]c1[nH]c2nc(NC)n(C)c(=O)c2c1C(C)(C)C(C)c1c(C)cc(C(=O)N(C)[C@H](C(=O)O)C(C)CC(=O)O)cc1C. The molecule has 11 heteroatoms. The Labute approximate surface area is 234 Å². The highest BCUT2D eigenvalue weighted by Crippen LogP contribution is 2.43. The van der Waals surface area contributed by atoms with Gasteiger partial charge in [-0.15, -0.1) is 0 Å². The summed E-state index contributed by atoms with van der Waals surface area (Å²) in [5.74, 6) is -3.58. The van der Waals surface area contributed by atoms with Gasteiger partial charge in [-0.25, -0.2) is 4.79 Å². The number of likely N-dealkylation sites (N-methyl/N-ethyl adjacent to an activating group) is 1. The van der Waals surface area contributed by atoms with Crippen LogP contribution in [0.2, 0.25) is 0 Å². The van der Waals surface area contributed by atoms with Crippen molar-refractivity contribution in [2.75, 3.05) is 19.4 Å². The van der Waals surface area contributed by atoms with Crippen LogP contribution >= 0.6 is 0 Å². The topological polar surface area (TPSA) is 158 Å². The Balaban J connectivity index is 2.06. The molecule has 40 heavy (non-hydrogen) atoms. The number of benzene rings is 1. The lowest BCUT2D eigenvalue weighted by atomic mass is 9.69. The smallest absolute Gasteiger partial charge is 0.326 e. The van der Waals surface area contributed by atoms with E-state index in [0.717, 1.165) is 21.6 Å². The molecule has 1 aromatic carbocycles. The maximum Gasteiger partial charge on any atom is 0.326 e. The first-order chi connectivity index (χ1) is 18.9. The number of aliphatic carboxylic acids is 2. The Morgan fingerprint density at radius 3 is 2.27 bits per heavy atom. The molecule has 2 aromatic heterocycles. The number of amides is 1. The molecule has 0 saturated heterocycles. The minimum Gasteiger partial charge on any atom is -0.481 e. The van der Waals surface area contributed by atoms with Crippen molar-refractivity contribution in [3.8, 4) is 0 Å². The molecule has 0 spiro atoms. The first-order valence-electron chi connectivity index (χ1n) is 13.6. The van der Waals surface area contributed by atoms with Crippen LogP contribution in [0.5, 0.6) is 0 Å². The van der Waals surface area contributed by atoms with Crippen molar-refractivity contribution in [1.29, 1.82) is 0 Å². The summed E-state index contributed by atoms with van der Waals surface area (Å²) in [5.41, 5.74) is 2.72. The van der Waals surface area contributed by atoms with Gasteiger partial charge < -0.3 is 25.4 Å². The van der Waals surface area contributed by atoms with E-state index < -0.39 is 35.2 Å². The van der Waals surface area contributed by atoms with Gasteiger partial charge in [-0.3, -0.25) is 19.0 Å². The van der Waals surface area contributed by atoms with Gasteiger partial charge in [0, 0.05) is 32.9 Å². The third-order valence-corrected chi connectivity index (χ3v) is 8.10. The van der Waals surface area contributed by atoms with Gasteiger partial charge in [0.15, 0.2) is 0 Å². The van der Waals surface area contributed by atoms with Gasteiger partial charge in [0.2, 0.25) is 5.95 Å². The largest absolute Gasteiger partial charge is 0.481 e. The zero-order chi connectivity index (χ0) is 31.1. The second kappa shape index (κ2) is 11.1. The zero-order valence-corrected chi connectivity index (χ0v) is 24.5. The van der Waals surface area contributed by atoms with Crippen LogP contribution in [0.15, 0.2) is 23.1 Å². The first kappa shape index (κ1) is 28.8. The molecule has 4 N–H and O–H groups in total. The van der Waals surface area contributed by atoms with E-state index in [1.54, 1.807) is 26.2 Å². The van der Waals surface area contributed by atoms with Crippen molar-refractivity contribution >= 4 is 34.8 Å². The van der Waals surface area contributed by atoms with Crippen LogP contribution < -0.4 is 10.9 Å². The molecule has 0 aliphatic heterocycles. The number of anilines is 1. The van der Waals surface area contributed by atoms with E-state index in [2.05, 4.69) is 15.3 Å². The molecule has 2 unspecified atom stereocenters. The summed E-state index contributed by atoms with van der Waals surface area (Å²) < 4.78 is 10.1. The van der Waals surface area contributed by atoms with Crippen LogP contribution in [0.25, 0.3) is 11.0 Å². The van der Waals surface area contributed by atoms with Crippen molar-refractivity contribution in [2.24, 2.45) is 13.0 Å². The molecule has 0 bridgehead atoms. The molecule has 11 nitrogen and oxygen atoms in total. The van der Waals surface area contributed by atoms with E-state index in [1.165, 1.54) is 18.5 Å². The molecule has 1 amide bonds. The average molecular weight is 555 g/mol. The maximum atomic E-state index is 13.4. The van der Waals surface area contributed by atoms with Gasteiger partial charge in [0.1, 0.15) is 11.7 Å². The van der Waals surface area contributed by atoms with Crippen molar-refractivity contribution < 1.29 is 26.0 Å². The molecule has 3 rings (SSSR count). The fourth-order valence-corrected chi connectivity index (χ4v) is 5.68. The molecule has 3 aromatic rings. The van der Waals surface area contributed by atoms with E-state index in [1.807, 2.05) is 34.6 Å². The molecule has 0 fully saturated rings. The van der Waals surface area contributed by atoms with E-state index in [9.17, 15) is 24.3 Å². The molecule has 3 atom stereocenters. The van der Waals surface area contributed by atoms with Gasteiger partial charge >= 0.3 is 11.9 Å². The minimum atomic E-state index is -1.31. The molecule has 0 saturated carbocycles. The lowest BCUT2D eigenvalue weighted by Gasteiger charge is -2.34. The zero-order valence-electron chi connectivity index (χ0n) is 25.5. The third-order valence-electron chi connectivity index (χ3n) is 8.10. The highest BCUT2D eigenvalue weighted by Gasteiger charge is 2.36. The standard InChI is InChI=1S/C29H39N5O6/c1-14-10-18(25(37)33(8)23(27(39)40)16(3)12-20(35)36)11-15(2)21(14)17(4)29(5,6)19-13-31-24-22(19)26(38)34(9)28(30-7)32-24/h10-11,13,16-17,23,31H,12H2,1-9H3,(H,30,32)(H,35,36)(H,39,40)/t16?,17?,23-/m0/s1/i13D. The van der Waals surface area contributed by atoms with Crippen molar-refractivity contribution in [3.63, 3.8) is 0 Å². The fraction of sp³-hybridized carbons (Fsp3) is 0.483. The van der Waals surface area contributed by atoms with E-state index in [0.29, 0.717) is 22.5 Å². The van der Waals surface area contributed by atoms with E-state index >= 15 is 0 Å². The van der Waals surface area contributed by atoms with Crippen molar-refractivity contribution in [3.05, 3.63) is 56.5 Å². The second-order valence-corrected chi connectivity index (χ2v) is 11.1. The second-order valence-electron chi connectivity index (χ2n) is 11.1. The Bertz CT molecular complexity index is 1570. The van der Waals surface area contributed by atoms with Crippen LogP contribution in [0.4, 0.5) is 5.95 Å². The van der Waals surface area contributed by atoms with Crippen LogP contribution in [0.3, 0.4) is 0 Å². The van der Waals surface area contributed by atoms with Crippen LogP contribution in [0.1, 0.15) is 74.0 Å². The lowest BCUT2D eigenvalue weighted by Crippen LogP contribution is -2.47. The highest BCUT2D eigenvalue weighted by atomic mass is 16.4. The molecule has 2 heterocycles. The first-order valence-corrected chi connectivity index (χ1v) is 13.1. The molecular formula is C29H39N5O6. The number of H-pyrrole nitrogens is 1. The highest BCUT2D eigenvalue weighted by molar-refractivity contribution is 5.97. The minimum absolute atomic E-state index is 0.105. The van der Waals surface area contributed by atoms with Crippen LogP contribution in [-0.2, 0) is 22.1 Å². The number of aryl methyl sites for hydroxylation is 2. The van der Waals surface area contributed by atoms with Crippen LogP contribution in [-0.4, -0.2) is 67.6 Å². The molecule has 0 aliphatic rings. The fourth-order valence-electron chi connectivity index (χ4n) is 5.68. The number of aromatic amines is 1. The van der Waals surface area contributed by atoms with Gasteiger partial charge in [0.25, 0.3) is 11.5 Å². The summed E-state index contributed by atoms with van der Waals surface area (Å²) in [6.45, 7) is 11.2. The van der Waals surface area contributed by atoms with Crippen molar-refractivity contribution in [2.45, 2.75) is 65.3 Å². The number of hydrogen-bond donors (Lipinski definition) is 4. The molecule has 216 valence electrons. The number of hydrogen-bond acceptors (Lipinski definition) is 6. The third kappa shape index (κ3) is 5.32. The van der Waals surface area contributed by atoms with Crippen LogP contribution in [0, 0.1) is 19.8 Å². The number of carbonyl (C=O) groups excluding carboxylic acids is 1. The molecule has 0 aliphatic carbocycles. The number of fused-ring (bicyclic) bond motifs is 1. The average Bonchev–Trinajstić information content (AvgIpc) is 3.20. The number of rotatable bonds is 10. The Kier molecular flexibility index (Phi) is 8.04. The predicted octanol–water partition coefficient (Wildman–Crippen LogP) is 3.64. The van der Waals surface area contributed by atoms with E-state index in [-0.39, 0.29) is 29.6 Å². The van der Waals surface area contributed by atoms with Gasteiger partial charge in [-0.1, -0.05) is 27.7 Å². The predicted molar refractivity (Wildman–Crippen MR) is 153 cm³/mol. The quantitative estimate of drug-likeness (QED) is 0.296.